The number of amides is 1. The zero-order valence-corrected chi connectivity index (χ0v) is 12.2. The molecular weight excluding hydrogens is 238 g/mol. The zero-order valence-electron chi connectivity index (χ0n) is 12.2. The molecule has 2 fully saturated rings. The van der Waals surface area contributed by atoms with Crippen LogP contribution in [-0.2, 0) is 4.79 Å². The summed E-state index contributed by atoms with van der Waals surface area (Å²) in [6, 6.07) is 0.461. The minimum atomic E-state index is 0.0677. The van der Waals surface area contributed by atoms with Gasteiger partial charge in [-0.05, 0) is 38.6 Å². The van der Waals surface area contributed by atoms with Gasteiger partial charge in [-0.1, -0.05) is 19.8 Å². The lowest BCUT2D eigenvalue weighted by Gasteiger charge is -2.33. The van der Waals surface area contributed by atoms with Crippen molar-refractivity contribution in [2.45, 2.75) is 64.0 Å². The molecule has 0 aromatic carbocycles. The van der Waals surface area contributed by atoms with Crippen molar-refractivity contribution in [1.29, 1.82) is 0 Å². The Morgan fingerprint density at radius 1 is 1.26 bits per heavy atom. The molecule has 0 aromatic rings. The van der Waals surface area contributed by atoms with E-state index in [9.17, 15) is 4.79 Å². The van der Waals surface area contributed by atoms with Gasteiger partial charge in [-0.3, -0.25) is 4.79 Å². The molecule has 19 heavy (non-hydrogen) atoms. The summed E-state index contributed by atoms with van der Waals surface area (Å²) < 4.78 is 0. The molecule has 1 heterocycles. The molecule has 1 saturated carbocycles. The van der Waals surface area contributed by atoms with E-state index in [0.29, 0.717) is 6.04 Å². The van der Waals surface area contributed by atoms with Crippen molar-refractivity contribution >= 4 is 5.91 Å². The summed E-state index contributed by atoms with van der Waals surface area (Å²) in [6.45, 7) is 5.70. The topological polar surface area (TPSA) is 58.4 Å². The van der Waals surface area contributed by atoms with Gasteiger partial charge in [-0.2, -0.15) is 0 Å². The van der Waals surface area contributed by atoms with Gasteiger partial charge in [0.25, 0.3) is 0 Å². The molecule has 2 rings (SSSR count). The fourth-order valence-electron chi connectivity index (χ4n) is 3.31. The SMILES string of the molecule is CCCCN1CCC(NC(=O)C2CCCC2N)CC1. The van der Waals surface area contributed by atoms with Gasteiger partial charge in [-0.15, -0.1) is 0 Å². The average Bonchev–Trinajstić information content (AvgIpc) is 2.84. The zero-order chi connectivity index (χ0) is 13.7. The van der Waals surface area contributed by atoms with Crippen LogP contribution in [-0.4, -0.2) is 42.5 Å². The number of nitrogens with zero attached hydrogens (tertiary/aromatic N) is 1. The van der Waals surface area contributed by atoms with E-state index in [-0.39, 0.29) is 17.9 Å². The number of nitrogens with one attached hydrogen (secondary N) is 1. The van der Waals surface area contributed by atoms with E-state index in [4.69, 9.17) is 5.73 Å². The van der Waals surface area contributed by atoms with Crippen LogP contribution in [0.1, 0.15) is 51.9 Å². The molecule has 0 radical (unpaired) electrons. The van der Waals surface area contributed by atoms with E-state index >= 15 is 0 Å². The molecule has 0 bridgehead atoms. The van der Waals surface area contributed by atoms with Crippen LogP contribution in [0, 0.1) is 5.92 Å². The Kier molecular flexibility index (Phi) is 5.64. The second-order valence-electron chi connectivity index (χ2n) is 6.18. The molecule has 2 aliphatic rings. The molecule has 1 aliphatic heterocycles. The van der Waals surface area contributed by atoms with Gasteiger partial charge in [-0.25, -0.2) is 0 Å². The molecule has 4 heteroatoms. The van der Waals surface area contributed by atoms with Gasteiger partial charge in [0.05, 0.1) is 5.92 Å². The largest absolute Gasteiger partial charge is 0.353 e. The Hall–Kier alpha value is -0.610. The Morgan fingerprint density at radius 3 is 2.58 bits per heavy atom. The summed E-state index contributed by atoms with van der Waals surface area (Å²) in [5.74, 6) is 0.273. The summed E-state index contributed by atoms with van der Waals surface area (Å²) in [7, 11) is 0. The number of nitrogens with two attached hydrogens (primary N) is 1. The lowest BCUT2D eigenvalue weighted by molar-refractivity contribution is -0.126. The molecule has 110 valence electrons. The monoisotopic (exact) mass is 267 g/mol. The van der Waals surface area contributed by atoms with Crippen molar-refractivity contribution in [2.75, 3.05) is 19.6 Å². The Bertz CT molecular complexity index is 287. The molecule has 2 atom stereocenters. The van der Waals surface area contributed by atoms with Gasteiger partial charge in [0.15, 0.2) is 0 Å². The predicted octanol–water partition coefficient (Wildman–Crippen LogP) is 1.49. The van der Waals surface area contributed by atoms with E-state index in [1.54, 1.807) is 0 Å². The number of hydrogen-bond acceptors (Lipinski definition) is 3. The summed E-state index contributed by atoms with van der Waals surface area (Å²) in [4.78, 5) is 14.7. The number of carbonyl (C=O) groups is 1. The van der Waals surface area contributed by atoms with Crippen LogP contribution < -0.4 is 11.1 Å². The van der Waals surface area contributed by atoms with E-state index in [2.05, 4.69) is 17.1 Å². The minimum absolute atomic E-state index is 0.0677. The van der Waals surface area contributed by atoms with Crippen LogP contribution in [0.5, 0.6) is 0 Å². The Balaban J connectivity index is 1.69. The minimum Gasteiger partial charge on any atom is -0.353 e. The summed E-state index contributed by atoms with van der Waals surface area (Å²) >= 11 is 0. The van der Waals surface area contributed by atoms with Crippen molar-refractivity contribution in [3.63, 3.8) is 0 Å². The third-order valence-electron chi connectivity index (χ3n) is 4.67. The first-order chi connectivity index (χ1) is 9.20. The summed E-state index contributed by atoms with van der Waals surface area (Å²) in [6.07, 6.45) is 7.82. The molecule has 0 aromatic heterocycles. The highest BCUT2D eigenvalue weighted by molar-refractivity contribution is 5.80. The van der Waals surface area contributed by atoms with Gasteiger partial charge >= 0.3 is 0 Å². The maximum absolute atomic E-state index is 12.2. The molecule has 3 N–H and O–H groups in total. The number of likely N-dealkylation sites (tertiary alicyclic amines) is 1. The molecule has 1 saturated heterocycles. The third-order valence-corrected chi connectivity index (χ3v) is 4.67. The van der Waals surface area contributed by atoms with E-state index in [0.717, 1.165) is 45.2 Å². The summed E-state index contributed by atoms with van der Waals surface area (Å²) in [5.41, 5.74) is 5.99. The van der Waals surface area contributed by atoms with Crippen molar-refractivity contribution in [3.8, 4) is 0 Å². The van der Waals surface area contributed by atoms with E-state index in [1.165, 1.54) is 19.4 Å². The maximum atomic E-state index is 12.2. The molecule has 2 unspecified atom stereocenters. The Labute approximate surface area is 117 Å². The normalized spacial score (nSPS) is 29.6. The second-order valence-corrected chi connectivity index (χ2v) is 6.18. The number of carbonyl (C=O) groups excluding carboxylic acids is 1. The molecule has 4 nitrogen and oxygen atoms in total. The predicted molar refractivity (Wildman–Crippen MR) is 77.8 cm³/mol. The average molecular weight is 267 g/mol. The van der Waals surface area contributed by atoms with Gasteiger partial charge in [0, 0.05) is 25.2 Å². The lowest BCUT2D eigenvalue weighted by atomic mass is 10.00. The number of piperidine rings is 1. The van der Waals surface area contributed by atoms with Crippen LogP contribution in [0.3, 0.4) is 0 Å². The first kappa shape index (κ1) is 14.8. The van der Waals surface area contributed by atoms with Crippen molar-refractivity contribution in [2.24, 2.45) is 11.7 Å². The third kappa shape index (κ3) is 4.18. The number of hydrogen-bond donors (Lipinski definition) is 2. The summed E-state index contributed by atoms with van der Waals surface area (Å²) in [5, 5.41) is 3.22. The first-order valence-electron chi connectivity index (χ1n) is 7.99. The number of unbranched alkanes of at least 4 members (excludes halogenated alkanes) is 1. The van der Waals surface area contributed by atoms with Crippen LogP contribution in [0.4, 0.5) is 0 Å². The fourth-order valence-corrected chi connectivity index (χ4v) is 3.31. The van der Waals surface area contributed by atoms with Crippen LogP contribution >= 0.6 is 0 Å². The molecular formula is C15H29N3O. The highest BCUT2D eigenvalue weighted by Crippen LogP contribution is 2.24. The lowest BCUT2D eigenvalue weighted by Crippen LogP contribution is -2.48. The first-order valence-corrected chi connectivity index (χ1v) is 7.99. The highest BCUT2D eigenvalue weighted by Gasteiger charge is 2.31. The number of rotatable bonds is 5. The maximum Gasteiger partial charge on any atom is 0.224 e. The smallest absolute Gasteiger partial charge is 0.224 e. The molecule has 1 amide bonds. The van der Waals surface area contributed by atoms with E-state index in [1.807, 2.05) is 0 Å². The Morgan fingerprint density at radius 2 is 2.00 bits per heavy atom. The van der Waals surface area contributed by atoms with Gasteiger partial charge < -0.3 is 16.0 Å². The van der Waals surface area contributed by atoms with Gasteiger partial charge in [0.1, 0.15) is 0 Å². The van der Waals surface area contributed by atoms with Crippen LogP contribution in [0.15, 0.2) is 0 Å². The molecule has 0 spiro atoms. The van der Waals surface area contributed by atoms with E-state index < -0.39 is 0 Å². The van der Waals surface area contributed by atoms with Crippen molar-refractivity contribution in [1.82, 2.24) is 10.2 Å². The standard InChI is InChI=1S/C15H29N3O/c1-2-3-9-18-10-7-12(8-11-18)17-15(19)13-5-4-6-14(13)16/h12-14H,2-11,16H2,1H3,(H,17,19). The quantitative estimate of drug-likeness (QED) is 0.793. The molecule has 1 aliphatic carbocycles. The second kappa shape index (κ2) is 7.25. The highest BCUT2D eigenvalue weighted by atomic mass is 16.2. The van der Waals surface area contributed by atoms with Gasteiger partial charge in [0.2, 0.25) is 5.91 Å². The van der Waals surface area contributed by atoms with Crippen LogP contribution in [0.2, 0.25) is 0 Å². The van der Waals surface area contributed by atoms with Crippen molar-refractivity contribution < 1.29 is 4.79 Å². The van der Waals surface area contributed by atoms with Crippen LogP contribution in [0.25, 0.3) is 0 Å². The van der Waals surface area contributed by atoms with Crippen molar-refractivity contribution in [3.05, 3.63) is 0 Å². The fraction of sp³-hybridized carbons (Fsp3) is 0.933.